The summed E-state index contributed by atoms with van der Waals surface area (Å²) in [6.45, 7) is 1.97. The van der Waals surface area contributed by atoms with E-state index in [1.165, 1.54) is 6.20 Å². The fourth-order valence-electron chi connectivity index (χ4n) is 1.90. The summed E-state index contributed by atoms with van der Waals surface area (Å²) in [5, 5.41) is 15.9. The van der Waals surface area contributed by atoms with Gasteiger partial charge in [0.15, 0.2) is 0 Å². The Hall–Kier alpha value is -2.13. The lowest BCUT2D eigenvalue weighted by molar-refractivity contribution is 0.0944. The van der Waals surface area contributed by atoms with Crippen LogP contribution in [0, 0.1) is 11.3 Å². The minimum atomic E-state index is -0.461. The summed E-state index contributed by atoms with van der Waals surface area (Å²) in [7, 11) is 0. The van der Waals surface area contributed by atoms with Crippen molar-refractivity contribution >= 4 is 21.8 Å². The van der Waals surface area contributed by atoms with Crippen LogP contribution < -0.4 is 5.32 Å². The third-order valence-electron chi connectivity index (χ3n) is 2.96. The molecule has 1 aromatic carbocycles. The number of hydrogen-bond acceptors (Lipinski definition) is 3. The standard InChI is InChI=1S/C15H15BrN4O/c1-2-4-13(8-17)19-15(21)11-9-18-20(10-11)14-6-3-5-12(16)7-14/h3,5-7,9-10,13H,2,4H2,1H3,(H,19,21)/t13-/m1/s1. The monoisotopic (exact) mass is 346 g/mol. The van der Waals surface area contributed by atoms with Crippen molar-refractivity contribution in [2.24, 2.45) is 0 Å². The Balaban J connectivity index is 2.13. The van der Waals surface area contributed by atoms with E-state index in [9.17, 15) is 4.79 Å². The highest BCUT2D eigenvalue weighted by molar-refractivity contribution is 9.10. The van der Waals surface area contributed by atoms with E-state index in [1.54, 1.807) is 10.9 Å². The largest absolute Gasteiger partial charge is 0.336 e. The van der Waals surface area contributed by atoms with E-state index in [0.29, 0.717) is 12.0 Å². The molecule has 0 bridgehead atoms. The van der Waals surface area contributed by atoms with Crippen LogP contribution in [0.5, 0.6) is 0 Å². The first-order valence-corrected chi connectivity index (χ1v) is 7.44. The number of carbonyl (C=O) groups excluding carboxylic acids is 1. The molecule has 1 amide bonds. The Bertz CT molecular complexity index is 674. The van der Waals surface area contributed by atoms with Crippen LogP contribution >= 0.6 is 15.9 Å². The van der Waals surface area contributed by atoms with E-state index in [0.717, 1.165) is 16.6 Å². The Morgan fingerprint density at radius 2 is 2.38 bits per heavy atom. The summed E-state index contributed by atoms with van der Waals surface area (Å²) in [6.07, 6.45) is 4.63. The van der Waals surface area contributed by atoms with Crippen LogP contribution in [0.4, 0.5) is 0 Å². The molecule has 0 fully saturated rings. The van der Waals surface area contributed by atoms with Gasteiger partial charge in [-0.15, -0.1) is 0 Å². The summed E-state index contributed by atoms with van der Waals surface area (Å²) in [6, 6.07) is 9.24. The van der Waals surface area contributed by atoms with Gasteiger partial charge in [0.25, 0.3) is 5.91 Å². The number of nitrogens with zero attached hydrogens (tertiary/aromatic N) is 3. The second-order valence-electron chi connectivity index (χ2n) is 4.60. The van der Waals surface area contributed by atoms with Gasteiger partial charge in [0.05, 0.1) is 23.5 Å². The quantitative estimate of drug-likeness (QED) is 0.904. The summed E-state index contributed by atoms with van der Waals surface area (Å²) in [4.78, 5) is 12.1. The van der Waals surface area contributed by atoms with E-state index < -0.39 is 6.04 Å². The molecule has 6 heteroatoms. The average Bonchev–Trinajstić information content (AvgIpc) is 2.96. The molecule has 108 valence electrons. The van der Waals surface area contributed by atoms with Crippen molar-refractivity contribution in [2.45, 2.75) is 25.8 Å². The Kier molecular flexibility index (Phi) is 5.12. The highest BCUT2D eigenvalue weighted by atomic mass is 79.9. The second-order valence-corrected chi connectivity index (χ2v) is 5.51. The molecule has 1 heterocycles. The summed E-state index contributed by atoms with van der Waals surface area (Å²) in [5.41, 5.74) is 1.29. The maximum atomic E-state index is 12.1. The highest BCUT2D eigenvalue weighted by Crippen LogP contribution is 2.15. The first kappa shape index (κ1) is 15.3. The molecular weight excluding hydrogens is 332 g/mol. The van der Waals surface area contributed by atoms with E-state index in [-0.39, 0.29) is 5.91 Å². The predicted molar refractivity (Wildman–Crippen MR) is 83.0 cm³/mol. The smallest absolute Gasteiger partial charge is 0.255 e. The Morgan fingerprint density at radius 1 is 1.57 bits per heavy atom. The van der Waals surface area contributed by atoms with Crippen LogP contribution in [0.2, 0.25) is 0 Å². The first-order chi connectivity index (χ1) is 10.1. The van der Waals surface area contributed by atoms with Gasteiger partial charge in [-0.1, -0.05) is 35.3 Å². The molecule has 1 aromatic heterocycles. The predicted octanol–water partition coefficient (Wildman–Crippen LogP) is 3.06. The molecule has 1 N–H and O–H groups in total. The lowest BCUT2D eigenvalue weighted by Crippen LogP contribution is -2.33. The van der Waals surface area contributed by atoms with Crippen molar-refractivity contribution in [3.63, 3.8) is 0 Å². The zero-order chi connectivity index (χ0) is 15.2. The minimum absolute atomic E-state index is 0.281. The Labute approximate surface area is 131 Å². The van der Waals surface area contributed by atoms with E-state index >= 15 is 0 Å². The third-order valence-corrected chi connectivity index (χ3v) is 3.45. The average molecular weight is 347 g/mol. The fraction of sp³-hybridized carbons (Fsp3) is 0.267. The van der Waals surface area contributed by atoms with Gasteiger partial charge in [0, 0.05) is 10.7 Å². The number of halogens is 1. The van der Waals surface area contributed by atoms with Crippen molar-refractivity contribution in [3.8, 4) is 11.8 Å². The molecule has 0 saturated heterocycles. The summed E-state index contributed by atoms with van der Waals surface area (Å²) >= 11 is 3.40. The second kappa shape index (κ2) is 7.04. The number of nitriles is 1. The van der Waals surface area contributed by atoms with E-state index in [2.05, 4.69) is 32.4 Å². The van der Waals surface area contributed by atoms with Crippen molar-refractivity contribution in [1.29, 1.82) is 5.26 Å². The molecule has 0 radical (unpaired) electrons. The number of hydrogen-bond donors (Lipinski definition) is 1. The van der Waals surface area contributed by atoms with Gasteiger partial charge in [-0.3, -0.25) is 4.79 Å². The number of carbonyl (C=O) groups is 1. The topological polar surface area (TPSA) is 70.7 Å². The molecule has 1 atom stereocenters. The number of aromatic nitrogens is 2. The van der Waals surface area contributed by atoms with Gasteiger partial charge in [0.2, 0.25) is 0 Å². The highest BCUT2D eigenvalue weighted by Gasteiger charge is 2.14. The van der Waals surface area contributed by atoms with Crippen LogP contribution in [0.25, 0.3) is 5.69 Å². The first-order valence-electron chi connectivity index (χ1n) is 6.65. The van der Waals surface area contributed by atoms with Gasteiger partial charge in [-0.25, -0.2) is 4.68 Å². The molecule has 21 heavy (non-hydrogen) atoms. The molecule has 0 aliphatic rings. The lowest BCUT2D eigenvalue weighted by atomic mass is 10.2. The molecule has 0 unspecified atom stereocenters. The lowest BCUT2D eigenvalue weighted by Gasteiger charge is -2.08. The van der Waals surface area contributed by atoms with Crippen LogP contribution in [-0.4, -0.2) is 21.7 Å². The van der Waals surface area contributed by atoms with Crippen molar-refractivity contribution < 1.29 is 4.79 Å². The van der Waals surface area contributed by atoms with Crippen molar-refractivity contribution in [2.75, 3.05) is 0 Å². The van der Waals surface area contributed by atoms with Gasteiger partial charge >= 0.3 is 0 Å². The van der Waals surface area contributed by atoms with Gasteiger partial charge in [-0.05, 0) is 24.6 Å². The zero-order valence-electron chi connectivity index (χ0n) is 11.6. The van der Waals surface area contributed by atoms with Gasteiger partial charge in [-0.2, -0.15) is 10.4 Å². The van der Waals surface area contributed by atoms with Crippen molar-refractivity contribution in [3.05, 3.63) is 46.7 Å². The molecule has 0 saturated carbocycles. The number of amides is 1. The zero-order valence-corrected chi connectivity index (χ0v) is 13.2. The SMILES string of the molecule is CCC[C@H](C#N)NC(=O)c1cnn(-c2cccc(Br)c2)c1. The number of rotatable bonds is 5. The molecule has 2 rings (SSSR count). The van der Waals surface area contributed by atoms with Crippen molar-refractivity contribution in [1.82, 2.24) is 15.1 Å². The van der Waals surface area contributed by atoms with Crippen LogP contribution in [-0.2, 0) is 0 Å². The molecule has 0 aliphatic heterocycles. The number of benzene rings is 1. The summed E-state index contributed by atoms with van der Waals surface area (Å²) < 4.78 is 2.56. The Morgan fingerprint density at radius 3 is 3.05 bits per heavy atom. The van der Waals surface area contributed by atoms with E-state index in [1.807, 2.05) is 31.2 Å². The third kappa shape index (κ3) is 3.92. The molecule has 0 spiro atoms. The molecule has 2 aromatic rings. The van der Waals surface area contributed by atoms with Gasteiger partial charge in [0.1, 0.15) is 6.04 Å². The number of nitrogens with one attached hydrogen (secondary N) is 1. The molecular formula is C15H15BrN4O. The maximum Gasteiger partial charge on any atom is 0.255 e. The normalized spacial score (nSPS) is 11.7. The molecule has 5 nitrogen and oxygen atoms in total. The molecule has 0 aliphatic carbocycles. The minimum Gasteiger partial charge on any atom is -0.336 e. The fourth-order valence-corrected chi connectivity index (χ4v) is 2.29. The van der Waals surface area contributed by atoms with Crippen LogP contribution in [0.3, 0.4) is 0 Å². The van der Waals surface area contributed by atoms with Crippen LogP contribution in [0.1, 0.15) is 30.1 Å². The van der Waals surface area contributed by atoms with Crippen LogP contribution in [0.15, 0.2) is 41.1 Å². The van der Waals surface area contributed by atoms with Gasteiger partial charge < -0.3 is 5.32 Å². The van der Waals surface area contributed by atoms with E-state index in [4.69, 9.17) is 5.26 Å². The summed E-state index contributed by atoms with van der Waals surface area (Å²) in [5.74, 6) is -0.281. The maximum absolute atomic E-state index is 12.1.